The van der Waals surface area contributed by atoms with Gasteiger partial charge in [0, 0.05) is 42.8 Å². The van der Waals surface area contributed by atoms with Gasteiger partial charge in [0.15, 0.2) is 0 Å². The van der Waals surface area contributed by atoms with Gasteiger partial charge in [-0.05, 0) is 35.9 Å². The van der Waals surface area contributed by atoms with Crippen LogP contribution in [0.3, 0.4) is 0 Å². The molecule has 1 spiro atoms. The minimum Gasteiger partial charge on any atom is -0.369 e. The molecule has 36 heavy (non-hydrogen) atoms. The van der Waals surface area contributed by atoms with E-state index in [0.717, 1.165) is 48.7 Å². The number of benzene rings is 3. The maximum Gasteiger partial charge on any atom is 0.293 e. The molecule has 0 unspecified atom stereocenters. The SMILES string of the molecule is CC1(c2ccccc2)COC2(OC1)C(=O)N(CN1CCN(c3ccc(F)cc3)CC1)c1ccccc12. The summed E-state index contributed by atoms with van der Waals surface area (Å²) in [6.45, 7) is 6.57. The van der Waals surface area contributed by atoms with Crippen LogP contribution in [0.2, 0.25) is 0 Å². The van der Waals surface area contributed by atoms with Crippen molar-refractivity contribution in [2.24, 2.45) is 0 Å². The molecule has 1 amide bonds. The van der Waals surface area contributed by atoms with Gasteiger partial charge in [0.25, 0.3) is 11.7 Å². The molecule has 0 bridgehead atoms. The second kappa shape index (κ2) is 9.00. The number of hydrogen-bond donors (Lipinski definition) is 0. The van der Waals surface area contributed by atoms with E-state index in [4.69, 9.17) is 9.47 Å². The number of carbonyl (C=O) groups is 1. The molecule has 3 aromatic carbocycles. The maximum absolute atomic E-state index is 13.9. The highest BCUT2D eigenvalue weighted by molar-refractivity contribution is 6.06. The maximum atomic E-state index is 13.9. The molecular weight excluding hydrogens is 457 g/mol. The second-order valence-electron chi connectivity index (χ2n) is 10.1. The lowest BCUT2D eigenvalue weighted by atomic mass is 9.83. The molecule has 3 aliphatic rings. The van der Waals surface area contributed by atoms with Crippen molar-refractivity contribution >= 4 is 17.3 Å². The molecule has 0 N–H and O–H groups in total. The third kappa shape index (κ3) is 3.88. The van der Waals surface area contributed by atoms with Gasteiger partial charge in [0.2, 0.25) is 0 Å². The van der Waals surface area contributed by atoms with E-state index in [1.807, 2.05) is 54.6 Å². The summed E-state index contributed by atoms with van der Waals surface area (Å²) in [5.41, 5.74) is 3.44. The second-order valence-corrected chi connectivity index (χ2v) is 10.1. The van der Waals surface area contributed by atoms with Crippen LogP contribution < -0.4 is 9.80 Å². The summed E-state index contributed by atoms with van der Waals surface area (Å²) in [5, 5.41) is 0. The molecule has 6 nitrogen and oxygen atoms in total. The van der Waals surface area contributed by atoms with Crippen molar-refractivity contribution in [1.29, 1.82) is 0 Å². The topological polar surface area (TPSA) is 45.3 Å². The molecule has 0 saturated carbocycles. The Bertz CT molecular complexity index is 1230. The lowest BCUT2D eigenvalue weighted by Crippen LogP contribution is -2.56. The summed E-state index contributed by atoms with van der Waals surface area (Å²) < 4.78 is 26.0. The van der Waals surface area contributed by atoms with E-state index in [0.29, 0.717) is 19.9 Å². The predicted molar refractivity (Wildman–Crippen MR) is 136 cm³/mol. The van der Waals surface area contributed by atoms with Crippen molar-refractivity contribution in [2.45, 2.75) is 18.1 Å². The smallest absolute Gasteiger partial charge is 0.293 e. The fourth-order valence-corrected chi connectivity index (χ4v) is 5.42. The molecule has 0 aromatic heterocycles. The van der Waals surface area contributed by atoms with Gasteiger partial charge < -0.3 is 14.4 Å². The number of hydrogen-bond acceptors (Lipinski definition) is 5. The lowest BCUT2D eigenvalue weighted by molar-refractivity contribution is -0.276. The van der Waals surface area contributed by atoms with Gasteiger partial charge in [-0.3, -0.25) is 14.6 Å². The van der Waals surface area contributed by atoms with Gasteiger partial charge in [-0.2, -0.15) is 0 Å². The monoisotopic (exact) mass is 487 g/mol. The number of fused-ring (bicyclic) bond motifs is 2. The van der Waals surface area contributed by atoms with Crippen molar-refractivity contribution < 1.29 is 18.7 Å². The van der Waals surface area contributed by atoms with E-state index < -0.39 is 5.79 Å². The molecule has 0 aliphatic carbocycles. The van der Waals surface area contributed by atoms with Gasteiger partial charge in [-0.15, -0.1) is 0 Å². The number of anilines is 2. The van der Waals surface area contributed by atoms with E-state index >= 15 is 0 Å². The van der Waals surface area contributed by atoms with Crippen LogP contribution in [0, 0.1) is 5.82 Å². The first-order valence-electron chi connectivity index (χ1n) is 12.5. The minimum absolute atomic E-state index is 0.167. The number of amides is 1. The number of nitrogens with zero attached hydrogens (tertiary/aromatic N) is 3. The van der Waals surface area contributed by atoms with Crippen LogP contribution in [0.5, 0.6) is 0 Å². The number of halogens is 1. The Hall–Kier alpha value is -3.26. The first kappa shape index (κ1) is 23.2. The van der Waals surface area contributed by atoms with E-state index in [-0.39, 0.29) is 17.1 Å². The van der Waals surface area contributed by atoms with Crippen LogP contribution >= 0.6 is 0 Å². The quantitative estimate of drug-likeness (QED) is 0.554. The zero-order valence-electron chi connectivity index (χ0n) is 20.4. The standard InChI is InChI=1S/C29H30FN3O3/c1-28(22-7-3-2-4-8-22)19-35-29(36-20-28)25-9-5-6-10-26(25)33(27(29)34)21-31-15-17-32(18-16-31)24-13-11-23(30)12-14-24/h2-14H,15-21H2,1H3. The van der Waals surface area contributed by atoms with Crippen LogP contribution in [0.25, 0.3) is 0 Å². The number of piperazine rings is 1. The van der Waals surface area contributed by atoms with Gasteiger partial charge in [-0.1, -0.05) is 55.5 Å². The highest BCUT2D eigenvalue weighted by Gasteiger charge is 2.57. The van der Waals surface area contributed by atoms with Crippen molar-refractivity contribution in [3.8, 4) is 0 Å². The average Bonchev–Trinajstić information content (AvgIpc) is 3.15. The molecule has 0 radical (unpaired) electrons. The fraction of sp³-hybridized carbons (Fsp3) is 0.345. The molecule has 3 aliphatic heterocycles. The highest BCUT2D eigenvalue weighted by Crippen LogP contribution is 2.47. The summed E-state index contributed by atoms with van der Waals surface area (Å²) in [4.78, 5) is 20.2. The zero-order chi connectivity index (χ0) is 24.8. The largest absolute Gasteiger partial charge is 0.369 e. The lowest BCUT2D eigenvalue weighted by Gasteiger charge is -2.42. The first-order chi connectivity index (χ1) is 17.5. The van der Waals surface area contributed by atoms with Gasteiger partial charge in [0.05, 0.1) is 25.6 Å². The molecular formula is C29H30FN3O3. The van der Waals surface area contributed by atoms with E-state index in [1.54, 1.807) is 4.90 Å². The van der Waals surface area contributed by atoms with Gasteiger partial charge in [0.1, 0.15) is 5.82 Å². The first-order valence-corrected chi connectivity index (χ1v) is 12.5. The number of rotatable bonds is 4. The van der Waals surface area contributed by atoms with Crippen LogP contribution in [0.15, 0.2) is 78.9 Å². The van der Waals surface area contributed by atoms with Crippen molar-refractivity contribution in [2.75, 3.05) is 55.9 Å². The normalized spacial score (nSPS) is 26.4. The third-order valence-electron chi connectivity index (χ3n) is 7.64. The van der Waals surface area contributed by atoms with Crippen molar-refractivity contribution in [3.63, 3.8) is 0 Å². The average molecular weight is 488 g/mol. The van der Waals surface area contributed by atoms with Gasteiger partial charge >= 0.3 is 0 Å². The van der Waals surface area contributed by atoms with E-state index in [2.05, 4.69) is 28.9 Å². The Labute approximate surface area is 210 Å². The minimum atomic E-state index is -1.40. The number of ether oxygens (including phenoxy) is 2. The van der Waals surface area contributed by atoms with Crippen LogP contribution in [0.4, 0.5) is 15.8 Å². The Morgan fingerprint density at radius 3 is 2.17 bits per heavy atom. The summed E-state index contributed by atoms with van der Waals surface area (Å²) in [6.07, 6.45) is 0. The summed E-state index contributed by atoms with van der Waals surface area (Å²) in [6, 6.07) is 24.6. The molecule has 3 aromatic rings. The molecule has 3 heterocycles. The van der Waals surface area contributed by atoms with Crippen LogP contribution in [0.1, 0.15) is 18.1 Å². The predicted octanol–water partition coefficient (Wildman–Crippen LogP) is 4.11. The van der Waals surface area contributed by atoms with Crippen molar-refractivity contribution in [3.05, 3.63) is 95.8 Å². The summed E-state index contributed by atoms with van der Waals surface area (Å²) in [5.74, 6) is -1.80. The highest BCUT2D eigenvalue weighted by atomic mass is 19.1. The Balaban J connectivity index is 1.17. The summed E-state index contributed by atoms with van der Waals surface area (Å²) >= 11 is 0. The molecule has 186 valence electrons. The summed E-state index contributed by atoms with van der Waals surface area (Å²) in [7, 11) is 0. The Morgan fingerprint density at radius 2 is 1.47 bits per heavy atom. The molecule has 7 heteroatoms. The zero-order valence-corrected chi connectivity index (χ0v) is 20.4. The van der Waals surface area contributed by atoms with Crippen molar-refractivity contribution in [1.82, 2.24) is 4.90 Å². The Kier molecular flexibility index (Phi) is 5.79. The third-order valence-corrected chi connectivity index (χ3v) is 7.64. The Morgan fingerprint density at radius 1 is 0.833 bits per heavy atom. The fourth-order valence-electron chi connectivity index (χ4n) is 5.42. The molecule has 0 atom stereocenters. The van der Waals surface area contributed by atoms with Crippen LogP contribution in [-0.2, 0) is 25.5 Å². The molecule has 2 saturated heterocycles. The van der Waals surface area contributed by atoms with E-state index in [9.17, 15) is 9.18 Å². The van der Waals surface area contributed by atoms with E-state index in [1.165, 1.54) is 12.1 Å². The van der Waals surface area contributed by atoms with Crippen LogP contribution in [-0.4, -0.2) is 56.9 Å². The molecule has 2 fully saturated rings. The number of carbonyl (C=O) groups excluding carboxylic acids is 1. The molecule has 6 rings (SSSR count). The van der Waals surface area contributed by atoms with Gasteiger partial charge in [-0.25, -0.2) is 4.39 Å². The number of para-hydroxylation sites is 1.